The third kappa shape index (κ3) is 3.04. The molecule has 1 atom stereocenters. The summed E-state index contributed by atoms with van der Waals surface area (Å²) < 4.78 is 0. The van der Waals surface area contributed by atoms with E-state index in [1.165, 1.54) is 11.3 Å². The molecule has 20 heavy (non-hydrogen) atoms. The number of thiazole rings is 1. The van der Waals surface area contributed by atoms with E-state index >= 15 is 0 Å². The number of rotatable bonds is 5. The number of anilines is 2. The molecule has 1 saturated heterocycles. The second kappa shape index (κ2) is 6.41. The van der Waals surface area contributed by atoms with Crippen molar-refractivity contribution >= 4 is 28.2 Å². The summed E-state index contributed by atoms with van der Waals surface area (Å²) in [4.78, 5) is 21.0. The van der Waals surface area contributed by atoms with Crippen LogP contribution in [-0.2, 0) is 0 Å². The van der Waals surface area contributed by atoms with Crippen molar-refractivity contribution in [3.8, 4) is 0 Å². The third-order valence-corrected chi connectivity index (χ3v) is 4.73. The highest BCUT2D eigenvalue weighted by atomic mass is 32.1. The summed E-state index contributed by atoms with van der Waals surface area (Å²) in [5.74, 6) is 0.438. The zero-order valence-corrected chi connectivity index (χ0v) is 12.8. The van der Waals surface area contributed by atoms with Crippen LogP contribution in [0.2, 0.25) is 0 Å². The lowest BCUT2D eigenvalue weighted by atomic mass is 10.1. The lowest BCUT2D eigenvalue weighted by molar-refractivity contribution is 0.0787. The van der Waals surface area contributed by atoms with Gasteiger partial charge in [0.2, 0.25) is 0 Å². The Morgan fingerprint density at radius 3 is 3.00 bits per heavy atom. The number of nitrogen functional groups attached to an aromatic ring is 1. The number of aromatic nitrogens is 1. The molecule has 1 unspecified atom stereocenters. The molecule has 0 radical (unpaired) electrons. The van der Waals surface area contributed by atoms with Crippen molar-refractivity contribution in [3.05, 3.63) is 4.88 Å². The molecule has 1 aliphatic rings. The van der Waals surface area contributed by atoms with Crippen molar-refractivity contribution < 1.29 is 9.90 Å². The topological polar surface area (TPSA) is 82.7 Å². The van der Waals surface area contributed by atoms with E-state index in [9.17, 15) is 4.79 Å². The highest BCUT2D eigenvalue weighted by Gasteiger charge is 2.29. The molecule has 0 aromatic carbocycles. The second-order valence-corrected chi connectivity index (χ2v) is 6.20. The Bertz CT molecular complexity index is 477. The molecule has 2 rings (SSSR count). The number of hydrogen-bond donors (Lipinski definition) is 2. The molecule has 0 aliphatic carbocycles. The molecule has 0 bridgehead atoms. The Kier molecular flexibility index (Phi) is 4.82. The smallest absolute Gasteiger partial charge is 0.267 e. The number of carbonyl (C=O) groups excluding carboxylic acids is 1. The van der Waals surface area contributed by atoms with E-state index in [0.29, 0.717) is 23.8 Å². The molecule has 2 heterocycles. The number of nitrogens with zero attached hydrogens (tertiary/aromatic N) is 3. The van der Waals surface area contributed by atoms with Gasteiger partial charge in [0.05, 0.1) is 0 Å². The Morgan fingerprint density at radius 1 is 1.65 bits per heavy atom. The maximum atomic E-state index is 12.4. The van der Waals surface area contributed by atoms with Gasteiger partial charge < -0.3 is 20.6 Å². The van der Waals surface area contributed by atoms with Gasteiger partial charge >= 0.3 is 0 Å². The Morgan fingerprint density at radius 2 is 2.40 bits per heavy atom. The van der Waals surface area contributed by atoms with Crippen LogP contribution in [0.25, 0.3) is 0 Å². The number of aliphatic hydroxyl groups excluding tert-OH is 1. The first-order chi connectivity index (χ1) is 9.56. The highest BCUT2D eigenvalue weighted by molar-refractivity contribution is 7.18. The van der Waals surface area contributed by atoms with Crippen molar-refractivity contribution in [2.45, 2.75) is 19.8 Å². The standard InChI is InChI=1S/C13H22N4O2S/c1-3-5-16(2)13-15-11(14)10(20-13)12(19)17-6-4-9(7-17)8-18/h9,18H,3-8,14H2,1-2H3. The van der Waals surface area contributed by atoms with Gasteiger partial charge in [-0.2, -0.15) is 0 Å². The Labute approximate surface area is 123 Å². The van der Waals surface area contributed by atoms with Crippen LogP contribution in [0.15, 0.2) is 0 Å². The fourth-order valence-electron chi connectivity index (χ4n) is 2.38. The van der Waals surface area contributed by atoms with Crippen LogP contribution in [0.5, 0.6) is 0 Å². The molecule has 0 saturated carbocycles. The normalized spacial score (nSPS) is 18.6. The van der Waals surface area contributed by atoms with E-state index in [1.54, 1.807) is 4.90 Å². The zero-order valence-electron chi connectivity index (χ0n) is 12.0. The molecule has 1 aliphatic heterocycles. The minimum atomic E-state index is -0.0629. The van der Waals surface area contributed by atoms with Crippen molar-refractivity contribution in [2.75, 3.05) is 43.9 Å². The minimum absolute atomic E-state index is 0.0629. The van der Waals surface area contributed by atoms with Gasteiger partial charge in [0.1, 0.15) is 10.7 Å². The van der Waals surface area contributed by atoms with Gasteiger partial charge in [0.15, 0.2) is 5.13 Å². The Balaban J connectivity index is 2.10. The number of hydrogen-bond acceptors (Lipinski definition) is 6. The van der Waals surface area contributed by atoms with Crippen LogP contribution < -0.4 is 10.6 Å². The van der Waals surface area contributed by atoms with Gasteiger partial charge in [0, 0.05) is 39.2 Å². The van der Waals surface area contributed by atoms with Crippen LogP contribution in [0.1, 0.15) is 29.4 Å². The van der Waals surface area contributed by atoms with Crippen molar-refractivity contribution in [1.29, 1.82) is 0 Å². The van der Waals surface area contributed by atoms with E-state index in [0.717, 1.165) is 24.5 Å². The minimum Gasteiger partial charge on any atom is -0.396 e. The first kappa shape index (κ1) is 15.1. The maximum Gasteiger partial charge on any atom is 0.267 e. The lowest BCUT2D eigenvalue weighted by Gasteiger charge is -2.15. The quantitative estimate of drug-likeness (QED) is 0.848. The first-order valence-corrected chi connectivity index (χ1v) is 7.76. The summed E-state index contributed by atoms with van der Waals surface area (Å²) in [5.41, 5.74) is 5.89. The van der Waals surface area contributed by atoms with Crippen molar-refractivity contribution in [2.24, 2.45) is 5.92 Å². The summed E-state index contributed by atoms with van der Waals surface area (Å²) >= 11 is 1.35. The van der Waals surface area contributed by atoms with E-state index in [-0.39, 0.29) is 18.4 Å². The summed E-state index contributed by atoms with van der Waals surface area (Å²) in [6, 6.07) is 0. The zero-order chi connectivity index (χ0) is 14.7. The van der Waals surface area contributed by atoms with Crippen molar-refractivity contribution in [1.82, 2.24) is 9.88 Å². The largest absolute Gasteiger partial charge is 0.396 e. The van der Waals surface area contributed by atoms with E-state index in [2.05, 4.69) is 11.9 Å². The summed E-state index contributed by atoms with van der Waals surface area (Å²) in [5, 5.41) is 9.93. The van der Waals surface area contributed by atoms with E-state index in [4.69, 9.17) is 10.8 Å². The number of aliphatic hydroxyl groups is 1. The number of likely N-dealkylation sites (tertiary alicyclic amines) is 1. The molecule has 7 heteroatoms. The van der Waals surface area contributed by atoms with Gasteiger partial charge in [-0.05, 0) is 12.8 Å². The Hall–Kier alpha value is -1.34. The average molecular weight is 298 g/mol. The molecular weight excluding hydrogens is 276 g/mol. The fraction of sp³-hybridized carbons (Fsp3) is 0.692. The van der Waals surface area contributed by atoms with Crippen LogP contribution >= 0.6 is 11.3 Å². The van der Waals surface area contributed by atoms with Gasteiger partial charge in [0.25, 0.3) is 5.91 Å². The maximum absolute atomic E-state index is 12.4. The molecule has 112 valence electrons. The molecule has 3 N–H and O–H groups in total. The van der Waals surface area contributed by atoms with Crippen LogP contribution in [0.4, 0.5) is 10.9 Å². The number of amides is 1. The lowest BCUT2D eigenvalue weighted by Crippen LogP contribution is -2.29. The summed E-state index contributed by atoms with van der Waals surface area (Å²) in [6.45, 7) is 4.40. The first-order valence-electron chi connectivity index (χ1n) is 6.94. The van der Waals surface area contributed by atoms with Gasteiger partial charge in [-0.15, -0.1) is 0 Å². The predicted octanol–water partition coefficient (Wildman–Crippen LogP) is 1.03. The van der Waals surface area contributed by atoms with E-state index < -0.39 is 0 Å². The molecule has 1 amide bonds. The highest BCUT2D eigenvalue weighted by Crippen LogP contribution is 2.30. The molecule has 1 fully saturated rings. The molecule has 1 aromatic rings. The summed E-state index contributed by atoms with van der Waals surface area (Å²) in [6.07, 6.45) is 1.87. The van der Waals surface area contributed by atoms with E-state index in [1.807, 2.05) is 11.9 Å². The van der Waals surface area contributed by atoms with Gasteiger partial charge in [-0.25, -0.2) is 4.98 Å². The summed E-state index contributed by atoms with van der Waals surface area (Å²) in [7, 11) is 1.95. The predicted molar refractivity (Wildman–Crippen MR) is 81.2 cm³/mol. The van der Waals surface area contributed by atoms with Crippen LogP contribution in [0, 0.1) is 5.92 Å². The molecule has 6 nitrogen and oxygen atoms in total. The van der Waals surface area contributed by atoms with Gasteiger partial charge in [-0.3, -0.25) is 4.79 Å². The third-order valence-electron chi connectivity index (χ3n) is 3.55. The van der Waals surface area contributed by atoms with Gasteiger partial charge in [-0.1, -0.05) is 18.3 Å². The number of carbonyl (C=O) groups is 1. The van der Waals surface area contributed by atoms with Crippen LogP contribution in [0.3, 0.4) is 0 Å². The SMILES string of the molecule is CCCN(C)c1nc(N)c(C(=O)N2CCC(CO)C2)s1. The second-order valence-electron chi connectivity index (χ2n) is 5.22. The molecular formula is C13H22N4O2S. The monoisotopic (exact) mass is 298 g/mol. The molecule has 0 spiro atoms. The number of nitrogens with two attached hydrogens (primary N) is 1. The molecule has 1 aromatic heterocycles. The average Bonchev–Trinajstić information content (AvgIpc) is 3.04. The van der Waals surface area contributed by atoms with Crippen molar-refractivity contribution in [3.63, 3.8) is 0 Å². The fourth-order valence-corrected chi connectivity index (χ4v) is 3.32. The van der Waals surface area contributed by atoms with Crippen LogP contribution in [-0.4, -0.2) is 54.2 Å².